The Morgan fingerprint density at radius 3 is 2.26 bits per heavy atom. The van der Waals surface area contributed by atoms with Crippen LogP contribution in [0.4, 0.5) is 4.79 Å². The van der Waals surface area contributed by atoms with Crippen LogP contribution in [0.1, 0.15) is 26.3 Å². The maximum Gasteiger partial charge on any atom is 0.410 e. The lowest BCUT2D eigenvalue weighted by Crippen LogP contribution is -2.58. The molecule has 1 amide bonds. The monoisotopic (exact) mass is 376 g/mol. The first kappa shape index (κ1) is 20.7. The highest BCUT2D eigenvalue weighted by Gasteiger charge is 2.35. The number of carbonyl (C=O) groups excluding carboxylic acids is 2. The largest absolute Gasteiger partial charge is 0.458 e. The minimum atomic E-state index is -0.938. The smallest absolute Gasteiger partial charge is 0.410 e. The number of ether oxygens (including phenoxy) is 2. The van der Waals surface area contributed by atoms with Crippen LogP contribution in [0.3, 0.4) is 0 Å². The first-order chi connectivity index (χ1) is 12.7. The molecule has 1 aromatic rings. The second-order valence-corrected chi connectivity index (χ2v) is 7.45. The van der Waals surface area contributed by atoms with E-state index in [1.807, 2.05) is 30.3 Å². The van der Waals surface area contributed by atoms with E-state index in [9.17, 15) is 9.59 Å². The molecule has 0 spiro atoms. The molecule has 1 atom stereocenters. The number of benzene rings is 1. The van der Waals surface area contributed by atoms with Gasteiger partial charge in [-0.3, -0.25) is 10.3 Å². The van der Waals surface area contributed by atoms with Gasteiger partial charge in [0.2, 0.25) is 0 Å². The Hall–Kier alpha value is -2.61. The molecule has 1 saturated heterocycles. The van der Waals surface area contributed by atoms with Crippen LogP contribution in [0.5, 0.6) is 0 Å². The molecule has 8 nitrogen and oxygen atoms in total. The molecule has 1 unspecified atom stereocenters. The van der Waals surface area contributed by atoms with E-state index in [-0.39, 0.29) is 12.4 Å². The molecule has 0 aliphatic carbocycles. The number of rotatable bonds is 5. The zero-order valence-corrected chi connectivity index (χ0v) is 16.1. The first-order valence-corrected chi connectivity index (χ1v) is 8.94. The number of piperazine rings is 1. The van der Waals surface area contributed by atoms with Crippen molar-refractivity contribution in [3.05, 3.63) is 35.9 Å². The summed E-state index contributed by atoms with van der Waals surface area (Å²) in [6.07, 6.45) is -0.393. The summed E-state index contributed by atoms with van der Waals surface area (Å²) in [6.45, 7) is 7.11. The lowest BCUT2D eigenvalue weighted by atomic mass is 10.1. The highest BCUT2D eigenvalue weighted by Crippen LogP contribution is 2.14. The predicted octanol–water partition coefficient (Wildman–Crippen LogP) is 1.59. The number of nitrogens with one attached hydrogen (secondary N) is 1. The number of nitrogens with zero attached hydrogens (tertiary/aromatic N) is 2. The van der Waals surface area contributed by atoms with Crippen molar-refractivity contribution in [2.24, 2.45) is 5.73 Å². The molecule has 0 radical (unpaired) electrons. The average Bonchev–Trinajstić information content (AvgIpc) is 2.59. The van der Waals surface area contributed by atoms with Crippen molar-refractivity contribution in [1.29, 1.82) is 5.41 Å². The molecule has 0 saturated carbocycles. The molecule has 1 aromatic carbocycles. The summed E-state index contributed by atoms with van der Waals surface area (Å²) in [5, 5.41) is 7.75. The van der Waals surface area contributed by atoms with E-state index in [1.165, 1.54) is 0 Å². The highest BCUT2D eigenvalue weighted by atomic mass is 16.6. The van der Waals surface area contributed by atoms with Gasteiger partial charge in [-0.2, -0.15) is 0 Å². The van der Waals surface area contributed by atoms with Crippen LogP contribution in [-0.2, 0) is 20.9 Å². The number of hydrogen-bond acceptors (Lipinski definition) is 6. The van der Waals surface area contributed by atoms with Crippen LogP contribution in [-0.4, -0.2) is 65.5 Å². The fourth-order valence-corrected chi connectivity index (χ4v) is 2.80. The number of carbonyl (C=O) groups is 2. The summed E-state index contributed by atoms with van der Waals surface area (Å²) in [6, 6.07) is 8.53. The number of nitrogens with two attached hydrogens (primary N) is 1. The van der Waals surface area contributed by atoms with Gasteiger partial charge >= 0.3 is 12.1 Å². The van der Waals surface area contributed by atoms with Gasteiger partial charge in [-0.1, -0.05) is 30.3 Å². The van der Waals surface area contributed by atoms with Gasteiger partial charge in [-0.05, 0) is 26.3 Å². The van der Waals surface area contributed by atoms with Crippen LogP contribution >= 0.6 is 0 Å². The topological polar surface area (TPSA) is 109 Å². The molecule has 1 fully saturated rings. The minimum Gasteiger partial charge on any atom is -0.458 e. The van der Waals surface area contributed by atoms with E-state index in [1.54, 1.807) is 30.6 Å². The Balaban J connectivity index is 1.87. The normalized spacial score (nSPS) is 16.5. The second-order valence-electron chi connectivity index (χ2n) is 7.45. The zero-order valence-electron chi connectivity index (χ0n) is 16.1. The summed E-state index contributed by atoms with van der Waals surface area (Å²) in [4.78, 5) is 28.0. The summed E-state index contributed by atoms with van der Waals surface area (Å²) in [5.41, 5.74) is 5.89. The van der Waals surface area contributed by atoms with Crippen molar-refractivity contribution in [3.63, 3.8) is 0 Å². The second kappa shape index (κ2) is 8.85. The molecular formula is C19H28N4O4. The number of amides is 1. The molecule has 1 heterocycles. The van der Waals surface area contributed by atoms with E-state index in [0.717, 1.165) is 5.56 Å². The SMILES string of the molecule is CC(C)(C)OC(=O)C(C(=N)N)N1CCN(C(=O)OCc2ccccc2)CC1. The fourth-order valence-electron chi connectivity index (χ4n) is 2.80. The molecule has 2 rings (SSSR count). The molecule has 1 aliphatic heterocycles. The Morgan fingerprint density at radius 2 is 1.74 bits per heavy atom. The zero-order chi connectivity index (χ0) is 20.0. The van der Waals surface area contributed by atoms with E-state index in [2.05, 4.69) is 0 Å². The quantitative estimate of drug-likeness (QED) is 0.459. The van der Waals surface area contributed by atoms with Crippen LogP contribution < -0.4 is 5.73 Å². The number of esters is 1. The van der Waals surface area contributed by atoms with Gasteiger partial charge in [0.1, 0.15) is 18.0 Å². The summed E-state index contributed by atoms with van der Waals surface area (Å²) >= 11 is 0. The van der Waals surface area contributed by atoms with Gasteiger partial charge < -0.3 is 20.1 Å². The van der Waals surface area contributed by atoms with E-state index in [4.69, 9.17) is 20.6 Å². The Kier molecular flexibility index (Phi) is 6.79. The minimum absolute atomic E-state index is 0.216. The van der Waals surface area contributed by atoms with Gasteiger partial charge in [0.05, 0.1) is 0 Å². The molecule has 8 heteroatoms. The van der Waals surface area contributed by atoms with Crippen molar-refractivity contribution >= 4 is 17.9 Å². The van der Waals surface area contributed by atoms with Crippen molar-refractivity contribution in [3.8, 4) is 0 Å². The van der Waals surface area contributed by atoms with Gasteiger partial charge in [0, 0.05) is 26.2 Å². The van der Waals surface area contributed by atoms with Gasteiger partial charge in [0.15, 0.2) is 6.04 Å². The van der Waals surface area contributed by atoms with Gasteiger partial charge in [-0.15, -0.1) is 0 Å². The standard InChI is InChI=1S/C19H28N4O4/c1-19(2,3)27-17(24)15(16(20)21)22-9-11-23(12-10-22)18(25)26-13-14-7-5-4-6-8-14/h4-8,15H,9-13H2,1-3H3,(H3,20,21). The average molecular weight is 376 g/mol. The molecule has 0 bridgehead atoms. The van der Waals surface area contributed by atoms with Crippen molar-refractivity contribution in [1.82, 2.24) is 9.80 Å². The third-order valence-electron chi connectivity index (χ3n) is 4.07. The molecule has 148 valence electrons. The third-order valence-corrected chi connectivity index (χ3v) is 4.07. The van der Waals surface area contributed by atoms with E-state index in [0.29, 0.717) is 26.2 Å². The molecular weight excluding hydrogens is 348 g/mol. The van der Waals surface area contributed by atoms with Crippen LogP contribution in [0, 0.1) is 5.41 Å². The number of amidine groups is 1. The third kappa shape index (κ3) is 6.25. The lowest BCUT2D eigenvalue weighted by molar-refractivity contribution is -0.159. The van der Waals surface area contributed by atoms with Crippen LogP contribution in [0.2, 0.25) is 0 Å². The number of hydrogen-bond donors (Lipinski definition) is 2. The van der Waals surface area contributed by atoms with E-state index >= 15 is 0 Å². The predicted molar refractivity (Wildman–Crippen MR) is 101 cm³/mol. The highest BCUT2D eigenvalue weighted by molar-refractivity contribution is 6.02. The van der Waals surface area contributed by atoms with Crippen molar-refractivity contribution in [2.75, 3.05) is 26.2 Å². The summed E-state index contributed by atoms with van der Waals surface area (Å²) < 4.78 is 10.7. The fraction of sp³-hybridized carbons (Fsp3) is 0.526. The van der Waals surface area contributed by atoms with Crippen molar-refractivity contribution in [2.45, 2.75) is 39.0 Å². The van der Waals surface area contributed by atoms with Gasteiger partial charge in [0.25, 0.3) is 0 Å². The Labute approximate surface area is 159 Å². The maximum absolute atomic E-state index is 12.4. The molecule has 27 heavy (non-hydrogen) atoms. The first-order valence-electron chi connectivity index (χ1n) is 8.94. The van der Waals surface area contributed by atoms with E-state index < -0.39 is 23.7 Å². The van der Waals surface area contributed by atoms with Gasteiger partial charge in [-0.25, -0.2) is 9.59 Å². The van der Waals surface area contributed by atoms with Crippen molar-refractivity contribution < 1.29 is 19.1 Å². The molecule has 1 aliphatic rings. The summed E-state index contributed by atoms with van der Waals surface area (Å²) in [5.74, 6) is -0.806. The van der Waals surface area contributed by atoms with Crippen LogP contribution in [0.15, 0.2) is 30.3 Å². The lowest BCUT2D eigenvalue weighted by Gasteiger charge is -2.38. The molecule has 3 N–H and O–H groups in total. The maximum atomic E-state index is 12.4. The van der Waals surface area contributed by atoms with Crippen LogP contribution in [0.25, 0.3) is 0 Å². The molecule has 0 aromatic heterocycles. The summed E-state index contributed by atoms with van der Waals surface area (Å²) in [7, 11) is 0. The Bertz CT molecular complexity index is 664. The Morgan fingerprint density at radius 1 is 1.15 bits per heavy atom.